The molecule has 0 unspecified atom stereocenters. The van der Waals surface area contributed by atoms with Gasteiger partial charge in [0.25, 0.3) is 5.56 Å². The number of carbonyl (C=O) groups is 1. The molecule has 4 aromatic rings. The van der Waals surface area contributed by atoms with Crippen LogP contribution in [0.5, 0.6) is 5.75 Å². The number of hydrogen-bond donors (Lipinski definition) is 0. The number of nitrogens with zero attached hydrogens (tertiary/aromatic N) is 5. The summed E-state index contributed by atoms with van der Waals surface area (Å²) in [5.41, 5.74) is 0.939. The van der Waals surface area contributed by atoms with Crippen LogP contribution in [0.1, 0.15) is 0 Å². The van der Waals surface area contributed by atoms with Crippen LogP contribution >= 0.6 is 11.6 Å². The topological polar surface area (TPSA) is 82.2 Å². The van der Waals surface area contributed by atoms with Gasteiger partial charge in [0.15, 0.2) is 5.65 Å². The maximum absolute atomic E-state index is 12.8. The van der Waals surface area contributed by atoms with Gasteiger partial charge in [-0.1, -0.05) is 29.8 Å². The van der Waals surface area contributed by atoms with E-state index < -0.39 is 0 Å². The van der Waals surface area contributed by atoms with E-state index >= 15 is 0 Å². The van der Waals surface area contributed by atoms with E-state index in [4.69, 9.17) is 16.3 Å². The number of amides is 1. The van der Waals surface area contributed by atoms with Crippen LogP contribution in [0.15, 0.2) is 71.9 Å². The first kappa shape index (κ1) is 20.6. The molecule has 0 atom stereocenters. The number of carbonyl (C=O) groups excluding carboxylic acids is 1. The molecule has 0 radical (unpaired) electrons. The Morgan fingerprint density at radius 1 is 1.13 bits per heavy atom. The van der Waals surface area contributed by atoms with Crippen LogP contribution in [0.2, 0.25) is 5.02 Å². The number of hydrogen-bond acceptors (Lipinski definition) is 5. The molecule has 8 nitrogen and oxygen atoms in total. The fourth-order valence-electron chi connectivity index (χ4n) is 3.04. The summed E-state index contributed by atoms with van der Waals surface area (Å²) in [4.78, 5) is 31.3. The van der Waals surface area contributed by atoms with Crippen molar-refractivity contribution in [3.8, 4) is 11.4 Å². The highest BCUT2D eigenvalue weighted by molar-refractivity contribution is 6.30. The second-order valence-corrected chi connectivity index (χ2v) is 7.36. The number of benzene rings is 2. The number of ether oxygens (including phenoxy) is 1. The summed E-state index contributed by atoms with van der Waals surface area (Å²) in [5, 5.41) is 5.26. The Balaban J connectivity index is 1.41. The fraction of sp³-hybridized carbons (Fsp3) is 0.182. The monoisotopic (exact) mass is 437 g/mol. The zero-order chi connectivity index (χ0) is 21.8. The number of likely N-dealkylation sites (N-methyl/N-ethyl adjacent to an activating group) is 1. The van der Waals surface area contributed by atoms with Gasteiger partial charge in [0.05, 0.1) is 18.4 Å². The van der Waals surface area contributed by atoms with Crippen LogP contribution in [-0.2, 0) is 11.3 Å². The summed E-state index contributed by atoms with van der Waals surface area (Å²) in [6, 6.07) is 16.4. The smallest absolute Gasteiger partial charge is 0.264 e. The van der Waals surface area contributed by atoms with Gasteiger partial charge in [0, 0.05) is 12.1 Å². The normalized spacial score (nSPS) is 10.9. The Bertz CT molecular complexity index is 1250. The second-order valence-electron chi connectivity index (χ2n) is 6.92. The maximum Gasteiger partial charge on any atom is 0.264 e. The van der Waals surface area contributed by atoms with E-state index in [0.29, 0.717) is 35.0 Å². The zero-order valence-corrected chi connectivity index (χ0v) is 17.6. The van der Waals surface area contributed by atoms with Crippen LogP contribution in [0.4, 0.5) is 0 Å². The summed E-state index contributed by atoms with van der Waals surface area (Å²) in [6.45, 7) is 0.577. The molecule has 0 bridgehead atoms. The van der Waals surface area contributed by atoms with Crippen molar-refractivity contribution in [2.45, 2.75) is 6.54 Å². The highest BCUT2D eigenvalue weighted by Crippen LogP contribution is 2.15. The summed E-state index contributed by atoms with van der Waals surface area (Å²) in [6.07, 6.45) is 2.85. The van der Waals surface area contributed by atoms with E-state index in [9.17, 15) is 9.59 Å². The lowest BCUT2D eigenvalue weighted by Gasteiger charge is -2.18. The van der Waals surface area contributed by atoms with Gasteiger partial charge in [-0.05, 0) is 36.4 Å². The molecule has 2 aromatic heterocycles. The lowest BCUT2D eigenvalue weighted by molar-refractivity contribution is -0.130. The fourth-order valence-corrected chi connectivity index (χ4v) is 3.17. The number of fused-ring (bicyclic) bond motifs is 1. The van der Waals surface area contributed by atoms with Crippen LogP contribution in [0.25, 0.3) is 16.7 Å². The Morgan fingerprint density at radius 2 is 1.87 bits per heavy atom. The van der Waals surface area contributed by atoms with E-state index in [-0.39, 0.29) is 18.0 Å². The molecule has 9 heteroatoms. The first-order chi connectivity index (χ1) is 15.0. The minimum absolute atomic E-state index is 0.115. The van der Waals surface area contributed by atoms with Gasteiger partial charge in [0.2, 0.25) is 5.91 Å². The predicted molar refractivity (Wildman–Crippen MR) is 118 cm³/mol. The molecular formula is C22H20ClN5O3. The molecule has 2 heterocycles. The molecule has 2 aromatic carbocycles. The van der Waals surface area contributed by atoms with Crippen molar-refractivity contribution in [1.82, 2.24) is 24.2 Å². The maximum atomic E-state index is 12.8. The zero-order valence-electron chi connectivity index (χ0n) is 16.8. The molecule has 0 fully saturated rings. The lowest BCUT2D eigenvalue weighted by atomic mass is 10.3. The highest BCUT2D eigenvalue weighted by Gasteiger charge is 2.15. The average molecular weight is 438 g/mol. The van der Waals surface area contributed by atoms with Crippen LogP contribution in [-0.4, -0.2) is 50.3 Å². The number of rotatable bonds is 7. The van der Waals surface area contributed by atoms with E-state index in [2.05, 4.69) is 10.1 Å². The van der Waals surface area contributed by atoms with Crippen LogP contribution in [0, 0.1) is 0 Å². The summed E-state index contributed by atoms with van der Waals surface area (Å²) < 4.78 is 8.50. The molecule has 0 aliphatic rings. The standard InChI is InChI=1S/C22H20ClN5O3/c1-26(11-12-31-18-9-7-16(23)8-10-18)20(29)14-27-15-24-21-19(22(27)30)13-25-28(21)17-5-3-2-4-6-17/h2-10,13,15H,11-12,14H2,1H3. The molecule has 4 rings (SSSR count). The van der Waals surface area contributed by atoms with Crippen molar-refractivity contribution in [2.24, 2.45) is 0 Å². The quantitative estimate of drug-likeness (QED) is 0.444. The second kappa shape index (κ2) is 9.01. The first-order valence-electron chi connectivity index (χ1n) is 9.64. The third kappa shape index (κ3) is 4.59. The van der Waals surface area contributed by atoms with Gasteiger partial charge in [-0.2, -0.15) is 5.10 Å². The average Bonchev–Trinajstić information content (AvgIpc) is 3.22. The van der Waals surface area contributed by atoms with Gasteiger partial charge in [-0.25, -0.2) is 9.67 Å². The van der Waals surface area contributed by atoms with Crippen molar-refractivity contribution < 1.29 is 9.53 Å². The molecular weight excluding hydrogens is 418 g/mol. The first-order valence-corrected chi connectivity index (χ1v) is 10.0. The van der Waals surface area contributed by atoms with E-state index in [1.54, 1.807) is 36.0 Å². The highest BCUT2D eigenvalue weighted by atomic mass is 35.5. The van der Waals surface area contributed by atoms with Crippen molar-refractivity contribution in [3.63, 3.8) is 0 Å². The molecule has 0 aliphatic heterocycles. The molecule has 0 saturated heterocycles. The Kier molecular flexibility index (Phi) is 5.99. The molecule has 0 N–H and O–H groups in total. The number of halogens is 1. The van der Waals surface area contributed by atoms with Crippen LogP contribution < -0.4 is 10.3 Å². The Hall–Kier alpha value is -3.65. The molecule has 0 aliphatic carbocycles. The molecule has 0 saturated carbocycles. The predicted octanol–water partition coefficient (Wildman–Crippen LogP) is 2.77. The SMILES string of the molecule is CN(CCOc1ccc(Cl)cc1)C(=O)Cn1cnc2c(cnn2-c2ccccc2)c1=O. The third-order valence-corrected chi connectivity index (χ3v) is 5.05. The third-order valence-electron chi connectivity index (χ3n) is 4.80. The van der Waals surface area contributed by atoms with Gasteiger partial charge in [-0.3, -0.25) is 14.2 Å². The molecule has 31 heavy (non-hydrogen) atoms. The number of para-hydroxylation sites is 1. The molecule has 158 valence electrons. The minimum atomic E-state index is -0.314. The minimum Gasteiger partial charge on any atom is -0.492 e. The van der Waals surface area contributed by atoms with Gasteiger partial charge >= 0.3 is 0 Å². The Morgan fingerprint density at radius 3 is 2.61 bits per heavy atom. The Labute approximate surface area is 183 Å². The molecule has 0 spiro atoms. The summed E-state index contributed by atoms with van der Waals surface area (Å²) in [7, 11) is 1.66. The number of aromatic nitrogens is 4. The van der Waals surface area contributed by atoms with Crippen molar-refractivity contribution in [3.05, 3.63) is 82.5 Å². The van der Waals surface area contributed by atoms with E-state index in [0.717, 1.165) is 5.69 Å². The van der Waals surface area contributed by atoms with Crippen molar-refractivity contribution in [2.75, 3.05) is 20.2 Å². The molecule has 1 amide bonds. The lowest BCUT2D eigenvalue weighted by Crippen LogP contribution is -2.36. The largest absolute Gasteiger partial charge is 0.492 e. The van der Waals surface area contributed by atoms with Gasteiger partial charge in [-0.15, -0.1) is 0 Å². The van der Waals surface area contributed by atoms with Crippen LogP contribution in [0.3, 0.4) is 0 Å². The van der Waals surface area contributed by atoms with Gasteiger partial charge < -0.3 is 9.64 Å². The van der Waals surface area contributed by atoms with Crippen molar-refractivity contribution >= 4 is 28.5 Å². The van der Waals surface area contributed by atoms with Crippen molar-refractivity contribution in [1.29, 1.82) is 0 Å². The summed E-state index contributed by atoms with van der Waals surface area (Å²) >= 11 is 5.85. The summed E-state index contributed by atoms with van der Waals surface area (Å²) in [5.74, 6) is 0.449. The van der Waals surface area contributed by atoms with E-state index in [1.807, 2.05) is 30.3 Å². The van der Waals surface area contributed by atoms with E-state index in [1.165, 1.54) is 22.0 Å². The van der Waals surface area contributed by atoms with Gasteiger partial charge in [0.1, 0.15) is 30.6 Å².